The minimum Gasteiger partial charge on any atom is -0.394 e. The molecule has 7 heteroatoms. The van der Waals surface area contributed by atoms with Crippen LogP contribution in [0.5, 0.6) is 0 Å². The first-order valence-corrected chi connectivity index (χ1v) is 3.66. The molecule has 5 N–H and O–H groups in total. The zero-order valence-corrected chi connectivity index (χ0v) is 6.82. The largest absolute Gasteiger partial charge is 0.394 e. The number of aliphatic hydroxyl groups excluding tert-OH is 5. The van der Waals surface area contributed by atoms with Crippen molar-refractivity contribution in [2.75, 3.05) is 13.2 Å². The van der Waals surface area contributed by atoms with Crippen molar-refractivity contribution in [3.8, 4) is 0 Å². The third kappa shape index (κ3) is 3.33. The molecule has 0 bridgehead atoms. The quantitative estimate of drug-likeness (QED) is 0.291. The molecule has 0 heterocycles. The zero-order chi connectivity index (χ0) is 10.4. The second kappa shape index (κ2) is 5.95. The molecular formula is C6H13NO6. The molecule has 0 rings (SSSR count). The number of hydrogen-bond acceptors (Lipinski definition) is 7. The Balaban J connectivity index is 4.21. The molecule has 0 radical (unpaired) electrons. The molecule has 0 aliphatic carbocycles. The highest BCUT2D eigenvalue weighted by atomic mass is 16.4. The molecule has 4 atom stereocenters. The van der Waals surface area contributed by atoms with Crippen LogP contribution < -0.4 is 0 Å². The summed E-state index contributed by atoms with van der Waals surface area (Å²) in [4.78, 5) is 9.97. The summed E-state index contributed by atoms with van der Waals surface area (Å²) in [6, 6.07) is -1.41. The molecule has 0 spiro atoms. The summed E-state index contributed by atoms with van der Waals surface area (Å²) in [5.74, 6) is 0. The van der Waals surface area contributed by atoms with E-state index in [1.807, 2.05) is 0 Å². The van der Waals surface area contributed by atoms with E-state index in [2.05, 4.69) is 5.18 Å². The molecule has 0 saturated heterocycles. The normalized spacial score (nSPS) is 20.4. The van der Waals surface area contributed by atoms with Crippen molar-refractivity contribution in [1.29, 1.82) is 0 Å². The van der Waals surface area contributed by atoms with E-state index < -0.39 is 37.6 Å². The van der Waals surface area contributed by atoms with Crippen molar-refractivity contribution in [2.24, 2.45) is 5.18 Å². The second-order valence-corrected chi connectivity index (χ2v) is 2.59. The zero-order valence-electron chi connectivity index (χ0n) is 6.82. The third-order valence-corrected chi connectivity index (χ3v) is 1.65. The fourth-order valence-electron chi connectivity index (χ4n) is 0.767. The van der Waals surface area contributed by atoms with E-state index in [9.17, 15) is 4.91 Å². The van der Waals surface area contributed by atoms with Crippen LogP contribution in [-0.2, 0) is 0 Å². The van der Waals surface area contributed by atoms with E-state index in [0.717, 1.165) is 0 Å². The van der Waals surface area contributed by atoms with Gasteiger partial charge in [-0.05, 0) is 0 Å². The summed E-state index contributed by atoms with van der Waals surface area (Å²) in [6.45, 7) is -1.49. The highest BCUT2D eigenvalue weighted by molar-refractivity contribution is 4.84. The summed E-state index contributed by atoms with van der Waals surface area (Å²) in [5, 5.41) is 46.2. The maximum atomic E-state index is 9.97. The summed E-state index contributed by atoms with van der Waals surface area (Å²) >= 11 is 0. The maximum Gasteiger partial charge on any atom is 0.143 e. The molecule has 78 valence electrons. The lowest BCUT2D eigenvalue weighted by atomic mass is 10.0. The monoisotopic (exact) mass is 195 g/mol. The highest BCUT2D eigenvalue weighted by Gasteiger charge is 2.31. The molecule has 0 saturated carbocycles. The van der Waals surface area contributed by atoms with Crippen LogP contribution in [0.1, 0.15) is 0 Å². The van der Waals surface area contributed by atoms with Crippen LogP contribution in [0.3, 0.4) is 0 Å². The Morgan fingerprint density at radius 3 is 1.85 bits per heavy atom. The Morgan fingerprint density at radius 1 is 1.00 bits per heavy atom. The van der Waals surface area contributed by atoms with E-state index in [1.54, 1.807) is 0 Å². The SMILES string of the molecule is O=N[C@H](CO)[C@@H](O)[C@H](O)C(O)CO. The van der Waals surface area contributed by atoms with Crippen molar-refractivity contribution < 1.29 is 25.5 Å². The Bertz CT molecular complexity index is 154. The average molecular weight is 195 g/mol. The van der Waals surface area contributed by atoms with Crippen LogP contribution in [0.15, 0.2) is 5.18 Å². The van der Waals surface area contributed by atoms with Gasteiger partial charge >= 0.3 is 0 Å². The molecular weight excluding hydrogens is 182 g/mol. The maximum absolute atomic E-state index is 9.97. The van der Waals surface area contributed by atoms with Gasteiger partial charge in [0, 0.05) is 0 Å². The van der Waals surface area contributed by atoms with Gasteiger partial charge in [0.05, 0.1) is 13.2 Å². The van der Waals surface area contributed by atoms with Crippen molar-refractivity contribution >= 4 is 0 Å². The van der Waals surface area contributed by atoms with Crippen LogP contribution in [0.2, 0.25) is 0 Å². The topological polar surface area (TPSA) is 131 Å². The predicted octanol–water partition coefficient (Wildman–Crippen LogP) is -2.81. The summed E-state index contributed by atoms with van der Waals surface area (Å²) in [7, 11) is 0. The van der Waals surface area contributed by atoms with Crippen molar-refractivity contribution in [3.63, 3.8) is 0 Å². The van der Waals surface area contributed by atoms with Crippen LogP contribution >= 0.6 is 0 Å². The number of hydrogen-bond donors (Lipinski definition) is 5. The summed E-state index contributed by atoms with van der Waals surface area (Å²) in [6.07, 6.45) is -4.96. The average Bonchev–Trinajstić information content (AvgIpc) is 2.17. The molecule has 0 aromatic heterocycles. The molecule has 0 amide bonds. The standard InChI is InChI=1S/C6H13NO6/c8-1-3(7-13)5(11)6(12)4(10)2-9/h3-6,8-12H,1-2H2/t3-,4?,5-,6-/m1/s1. The van der Waals surface area contributed by atoms with Gasteiger partial charge in [-0.15, -0.1) is 0 Å². The molecule has 13 heavy (non-hydrogen) atoms. The molecule has 0 fully saturated rings. The van der Waals surface area contributed by atoms with E-state index in [-0.39, 0.29) is 0 Å². The molecule has 1 unspecified atom stereocenters. The Hall–Kier alpha value is -0.600. The van der Waals surface area contributed by atoms with E-state index in [1.165, 1.54) is 0 Å². The van der Waals surface area contributed by atoms with Crippen molar-refractivity contribution in [1.82, 2.24) is 0 Å². The van der Waals surface area contributed by atoms with Crippen molar-refractivity contribution in [3.05, 3.63) is 4.91 Å². The van der Waals surface area contributed by atoms with Gasteiger partial charge in [0.2, 0.25) is 0 Å². The van der Waals surface area contributed by atoms with Gasteiger partial charge in [-0.25, -0.2) is 0 Å². The number of nitrogens with zero attached hydrogens (tertiary/aromatic N) is 1. The number of rotatable bonds is 6. The number of aliphatic hydroxyl groups is 5. The van der Waals surface area contributed by atoms with Gasteiger partial charge in [0.25, 0.3) is 0 Å². The lowest BCUT2D eigenvalue weighted by Crippen LogP contribution is -2.46. The first-order valence-electron chi connectivity index (χ1n) is 3.66. The molecule has 0 aromatic carbocycles. The van der Waals surface area contributed by atoms with Crippen LogP contribution in [0.25, 0.3) is 0 Å². The number of nitroso groups, excluding NO2 is 1. The smallest absolute Gasteiger partial charge is 0.143 e. The Morgan fingerprint density at radius 2 is 1.54 bits per heavy atom. The van der Waals surface area contributed by atoms with Crippen LogP contribution in [0.4, 0.5) is 0 Å². The van der Waals surface area contributed by atoms with Crippen LogP contribution in [-0.4, -0.2) is 63.1 Å². The molecule has 0 aromatic rings. The lowest BCUT2D eigenvalue weighted by Gasteiger charge is -2.23. The summed E-state index contributed by atoms with van der Waals surface area (Å²) < 4.78 is 0. The fraction of sp³-hybridized carbons (Fsp3) is 1.00. The minimum absolute atomic E-state index is 0.736. The van der Waals surface area contributed by atoms with Gasteiger partial charge in [-0.2, -0.15) is 4.91 Å². The van der Waals surface area contributed by atoms with Crippen LogP contribution in [0, 0.1) is 4.91 Å². The molecule has 0 aliphatic rings. The predicted molar refractivity (Wildman–Crippen MR) is 41.8 cm³/mol. The first-order chi connectivity index (χ1) is 6.08. The van der Waals surface area contributed by atoms with Gasteiger partial charge in [0.1, 0.15) is 24.4 Å². The van der Waals surface area contributed by atoms with Gasteiger partial charge in [-0.1, -0.05) is 5.18 Å². The third-order valence-electron chi connectivity index (χ3n) is 1.65. The van der Waals surface area contributed by atoms with Gasteiger partial charge < -0.3 is 25.5 Å². The fourth-order valence-corrected chi connectivity index (χ4v) is 0.767. The minimum atomic E-state index is -1.71. The summed E-state index contributed by atoms with van der Waals surface area (Å²) in [5.41, 5.74) is 0. The molecule has 7 nitrogen and oxygen atoms in total. The molecule has 0 aliphatic heterocycles. The van der Waals surface area contributed by atoms with Gasteiger partial charge in [0.15, 0.2) is 0 Å². The first kappa shape index (κ1) is 12.4. The van der Waals surface area contributed by atoms with E-state index in [0.29, 0.717) is 0 Å². The van der Waals surface area contributed by atoms with E-state index in [4.69, 9.17) is 25.5 Å². The van der Waals surface area contributed by atoms with Gasteiger partial charge in [-0.3, -0.25) is 0 Å². The second-order valence-electron chi connectivity index (χ2n) is 2.59. The Kier molecular flexibility index (Phi) is 5.67. The Labute approximate surface area is 74.2 Å². The van der Waals surface area contributed by atoms with Crippen molar-refractivity contribution in [2.45, 2.75) is 24.4 Å². The highest BCUT2D eigenvalue weighted by Crippen LogP contribution is 2.07. The lowest BCUT2D eigenvalue weighted by molar-refractivity contribution is -0.0871. The van der Waals surface area contributed by atoms with E-state index >= 15 is 0 Å².